The minimum absolute atomic E-state index is 0.0414. The molecular formula is C20H24N4O3. The molecule has 0 spiro atoms. The lowest BCUT2D eigenvalue weighted by Gasteiger charge is -2.36. The number of aromatic nitrogens is 1. The van der Waals surface area contributed by atoms with Crippen LogP contribution in [0.5, 0.6) is 5.75 Å². The third kappa shape index (κ3) is 3.68. The van der Waals surface area contributed by atoms with Crippen LogP contribution in [0, 0.1) is 0 Å². The SMILES string of the molecule is CC1CN(c2ccc(Nc3cnc4c(c3)OCC(=O)N4C)cc2)CC(C)O1. The number of benzene rings is 1. The van der Waals surface area contributed by atoms with E-state index >= 15 is 0 Å². The number of pyridine rings is 1. The summed E-state index contributed by atoms with van der Waals surface area (Å²) in [6.07, 6.45) is 2.17. The highest BCUT2D eigenvalue weighted by Crippen LogP contribution is 2.32. The van der Waals surface area contributed by atoms with Crippen molar-refractivity contribution in [2.75, 3.05) is 41.9 Å². The van der Waals surface area contributed by atoms with Crippen molar-refractivity contribution in [2.24, 2.45) is 0 Å². The van der Waals surface area contributed by atoms with Gasteiger partial charge in [0.25, 0.3) is 5.91 Å². The number of nitrogens with one attached hydrogen (secondary N) is 1. The van der Waals surface area contributed by atoms with E-state index in [-0.39, 0.29) is 24.7 Å². The standard InChI is InChI=1S/C20H24N4O3/c1-13-10-24(11-14(2)27-13)17-6-4-15(5-7-17)22-16-8-18-20(21-9-16)23(3)19(25)12-26-18/h4-9,13-14,22H,10-12H2,1-3H3. The summed E-state index contributed by atoms with van der Waals surface area (Å²) >= 11 is 0. The van der Waals surface area contributed by atoms with Crippen LogP contribution in [0.4, 0.5) is 22.9 Å². The topological polar surface area (TPSA) is 66.9 Å². The van der Waals surface area contributed by atoms with Gasteiger partial charge < -0.3 is 19.7 Å². The number of fused-ring (bicyclic) bond motifs is 1. The molecule has 2 aliphatic rings. The zero-order chi connectivity index (χ0) is 19.0. The fourth-order valence-corrected chi connectivity index (χ4v) is 3.53. The molecule has 1 saturated heterocycles. The molecule has 2 aliphatic heterocycles. The smallest absolute Gasteiger partial charge is 0.265 e. The number of carbonyl (C=O) groups excluding carboxylic acids is 1. The molecule has 2 unspecified atom stereocenters. The van der Waals surface area contributed by atoms with E-state index in [1.165, 1.54) is 10.6 Å². The number of carbonyl (C=O) groups is 1. The van der Waals surface area contributed by atoms with Crippen molar-refractivity contribution in [1.82, 2.24) is 4.98 Å². The van der Waals surface area contributed by atoms with Gasteiger partial charge in [0.1, 0.15) is 0 Å². The van der Waals surface area contributed by atoms with Crippen molar-refractivity contribution in [3.8, 4) is 5.75 Å². The van der Waals surface area contributed by atoms with E-state index in [4.69, 9.17) is 9.47 Å². The molecular weight excluding hydrogens is 344 g/mol. The van der Waals surface area contributed by atoms with Gasteiger partial charge in [-0.3, -0.25) is 9.69 Å². The van der Waals surface area contributed by atoms with Crippen LogP contribution in [0.1, 0.15) is 13.8 Å². The highest BCUT2D eigenvalue weighted by Gasteiger charge is 2.24. The molecule has 7 heteroatoms. The molecule has 2 aromatic rings. The summed E-state index contributed by atoms with van der Waals surface area (Å²) in [7, 11) is 1.70. The first-order valence-electron chi connectivity index (χ1n) is 9.16. The Labute approximate surface area is 158 Å². The number of hydrogen-bond acceptors (Lipinski definition) is 6. The van der Waals surface area contributed by atoms with Crippen LogP contribution in [0.2, 0.25) is 0 Å². The van der Waals surface area contributed by atoms with E-state index in [0.717, 1.165) is 24.5 Å². The largest absolute Gasteiger partial charge is 0.480 e. The van der Waals surface area contributed by atoms with E-state index in [2.05, 4.69) is 53.3 Å². The van der Waals surface area contributed by atoms with Crippen LogP contribution in [0.15, 0.2) is 36.5 Å². The van der Waals surface area contributed by atoms with Crippen LogP contribution >= 0.6 is 0 Å². The number of nitrogens with zero attached hydrogens (tertiary/aromatic N) is 3. The zero-order valence-corrected chi connectivity index (χ0v) is 15.8. The zero-order valence-electron chi connectivity index (χ0n) is 15.8. The van der Waals surface area contributed by atoms with Crippen molar-refractivity contribution in [1.29, 1.82) is 0 Å². The Morgan fingerprint density at radius 1 is 1.11 bits per heavy atom. The molecule has 1 aromatic carbocycles. The van der Waals surface area contributed by atoms with Crippen LogP contribution in [0.3, 0.4) is 0 Å². The number of hydrogen-bond donors (Lipinski definition) is 1. The number of rotatable bonds is 3. The van der Waals surface area contributed by atoms with Gasteiger partial charge in [-0.15, -0.1) is 0 Å². The average Bonchev–Trinajstić information content (AvgIpc) is 2.65. The second kappa shape index (κ2) is 7.08. The molecule has 1 fully saturated rings. The Bertz CT molecular complexity index is 830. The second-order valence-electron chi connectivity index (χ2n) is 7.12. The molecule has 0 saturated carbocycles. The fraction of sp³-hybridized carbons (Fsp3) is 0.400. The minimum atomic E-state index is -0.0990. The first kappa shape index (κ1) is 17.6. The maximum atomic E-state index is 11.7. The normalized spacial score (nSPS) is 22.3. The molecule has 27 heavy (non-hydrogen) atoms. The van der Waals surface area contributed by atoms with E-state index < -0.39 is 0 Å². The van der Waals surface area contributed by atoms with E-state index in [1.807, 2.05) is 6.07 Å². The summed E-state index contributed by atoms with van der Waals surface area (Å²) in [5.74, 6) is 1.05. The predicted octanol–water partition coefficient (Wildman–Crippen LogP) is 2.79. The molecule has 4 rings (SSSR count). The minimum Gasteiger partial charge on any atom is -0.480 e. The van der Waals surface area contributed by atoms with Crippen LogP contribution in [0.25, 0.3) is 0 Å². The van der Waals surface area contributed by atoms with Crippen LogP contribution in [-0.2, 0) is 9.53 Å². The van der Waals surface area contributed by atoms with Gasteiger partial charge in [-0.05, 0) is 38.1 Å². The lowest BCUT2D eigenvalue weighted by atomic mass is 10.2. The maximum Gasteiger partial charge on any atom is 0.265 e. The molecule has 0 radical (unpaired) electrons. The molecule has 0 bridgehead atoms. The van der Waals surface area contributed by atoms with Crippen molar-refractivity contribution in [2.45, 2.75) is 26.1 Å². The summed E-state index contributed by atoms with van der Waals surface area (Å²) in [6, 6.07) is 10.2. The molecule has 0 aliphatic carbocycles. The summed E-state index contributed by atoms with van der Waals surface area (Å²) in [6.45, 7) is 6.05. The van der Waals surface area contributed by atoms with E-state index in [0.29, 0.717) is 11.6 Å². The van der Waals surface area contributed by atoms with E-state index in [1.54, 1.807) is 13.2 Å². The van der Waals surface area contributed by atoms with Crippen molar-refractivity contribution < 1.29 is 14.3 Å². The third-order valence-corrected chi connectivity index (χ3v) is 4.82. The van der Waals surface area contributed by atoms with Crippen molar-refractivity contribution in [3.63, 3.8) is 0 Å². The number of anilines is 4. The van der Waals surface area contributed by atoms with E-state index in [9.17, 15) is 4.79 Å². The Morgan fingerprint density at radius 3 is 2.52 bits per heavy atom. The summed E-state index contributed by atoms with van der Waals surface area (Å²) in [5, 5.41) is 3.34. The molecule has 1 aromatic heterocycles. The Morgan fingerprint density at radius 2 is 1.81 bits per heavy atom. The number of amides is 1. The Hall–Kier alpha value is -2.80. The van der Waals surface area contributed by atoms with Gasteiger partial charge >= 0.3 is 0 Å². The monoisotopic (exact) mass is 368 g/mol. The summed E-state index contributed by atoms with van der Waals surface area (Å²) in [5.41, 5.74) is 2.97. The number of ether oxygens (including phenoxy) is 2. The first-order chi connectivity index (χ1) is 13.0. The average molecular weight is 368 g/mol. The van der Waals surface area contributed by atoms with Crippen molar-refractivity contribution in [3.05, 3.63) is 36.5 Å². The molecule has 7 nitrogen and oxygen atoms in total. The molecule has 3 heterocycles. The predicted molar refractivity (Wildman–Crippen MR) is 105 cm³/mol. The number of morpholine rings is 1. The Kier molecular flexibility index (Phi) is 4.61. The second-order valence-corrected chi connectivity index (χ2v) is 7.12. The van der Waals surface area contributed by atoms with Gasteiger partial charge in [-0.2, -0.15) is 0 Å². The maximum absolute atomic E-state index is 11.7. The van der Waals surface area contributed by atoms with Crippen LogP contribution in [-0.4, -0.2) is 49.8 Å². The third-order valence-electron chi connectivity index (χ3n) is 4.82. The quantitative estimate of drug-likeness (QED) is 0.899. The van der Waals surface area contributed by atoms with Gasteiger partial charge in [0.2, 0.25) is 0 Å². The molecule has 1 N–H and O–H groups in total. The van der Waals surface area contributed by atoms with Gasteiger partial charge in [-0.1, -0.05) is 0 Å². The number of likely N-dealkylation sites (N-methyl/N-ethyl adjacent to an activating group) is 1. The van der Waals surface area contributed by atoms with Gasteiger partial charge in [0.15, 0.2) is 18.2 Å². The molecule has 142 valence electrons. The van der Waals surface area contributed by atoms with Crippen LogP contribution < -0.4 is 19.9 Å². The Balaban J connectivity index is 1.47. The lowest BCUT2D eigenvalue weighted by molar-refractivity contribution is -0.121. The van der Waals surface area contributed by atoms with Crippen molar-refractivity contribution >= 4 is 28.8 Å². The van der Waals surface area contributed by atoms with Gasteiger partial charge in [0, 0.05) is 37.6 Å². The van der Waals surface area contributed by atoms with Gasteiger partial charge in [0.05, 0.1) is 24.1 Å². The molecule has 2 atom stereocenters. The molecule has 1 amide bonds. The highest BCUT2D eigenvalue weighted by atomic mass is 16.5. The van der Waals surface area contributed by atoms with Gasteiger partial charge in [-0.25, -0.2) is 4.98 Å². The first-order valence-corrected chi connectivity index (χ1v) is 9.16. The lowest BCUT2D eigenvalue weighted by Crippen LogP contribution is -2.45. The summed E-state index contributed by atoms with van der Waals surface area (Å²) < 4.78 is 11.3. The summed E-state index contributed by atoms with van der Waals surface area (Å²) in [4.78, 5) is 19.9. The highest BCUT2D eigenvalue weighted by molar-refractivity contribution is 5.96. The fourth-order valence-electron chi connectivity index (χ4n) is 3.53.